The minimum absolute atomic E-state index is 0.186. The first-order valence-corrected chi connectivity index (χ1v) is 10.1. The number of rotatable bonds is 5. The van der Waals surface area contributed by atoms with Gasteiger partial charge in [-0.3, -0.25) is 14.7 Å². The standard InChI is InChI=1S/C22H16N2O3S2/c25-20-18(13-16-9-4-8-15-10-5-11-23-19(15)16)29-22(28)24(20)17(21(26)27)12-14-6-2-1-3-7-14/h1-11,13,17H,12H2,(H,26,27)/b18-13-. The Labute approximate surface area is 177 Å². The Hall–Kier alpha value is -3.03. The third-order valence-electron chi connectivity index (χ3n) is 4.64. The summed E-state index contributed by atoms with van der Waals surface area (Å²) in [5.74, 6) is -1.48. The molecular formula is C22H16N2O3S2. The SMILES string of the molecule is O=C(O)C(Cc1ccccc1)N1C(=O)/C(=C/c2cccc3cccnc23)SC1=S. The highest BCUT2D eigenvalue weighted by atomic mass is 32.2. The van der Waals surface area contributed by atoms with Crippen LogP contribution in [0.2, 0.25) is 0 Å². The van der Waals surface area contributed by atoms with Crippen LogP contribution in [0.4, 0.5) is 0 Å². The Bertz CT molecular complexity index is 1140. The molecule has 1 unspecified atom stereocenters. The van der Waals surface area contributed by atoms with Crippen molar-refractivity contribution < 1.29 is 14.7 Å². The van der Waals surface area contributed by atoms with E-state index in [1.54, 1.807) is 12.3 Å². The van der Waals surface area contributed by atoms with Crippen LogP contribution in [0.3, 0.4) is 0 Å². The van der Waals surface area contributed by atoms with E-state index in [9.17, 15) is 14.7 Å². The molecule has 0 aliphatic carbocycles. The number of benzene rings is 2. The quantitative estimate of drug-likeness (QED) is 0.494. The van der Waals surface area contributed by atoms with Crippen molar-refractivity contribution >= 4 is 57.2 Å². The number of para-hydroxylation sites is 1. The van der Waals surface area contributed by atoms with E-state index in [0.717, 1.165) is 33.8 Å². The topological polar surface area (TPSA) is 70.5 Å². The monoisotopic (exact) mass is 420 g/mol. The van der Waals surface area contributed by atoms with E-state index in [1.807, 2.05) is 60.7 Å². The summed E-state index contributed by atoms with van der Waals surface area (Å²) in [4.78, 5) is 31.0. The Kier molecular flexibility index (Phi) is 5.42. The van der Waals surface area contributed by atoms with E-state index >= 15 is 0 Å². The summed E-state index contributed by atoms with van der Waals surface area (Å²) in [5.41, 5.74) is 2.40. The molecule has 3 aromatic rings. The maximum Gasteiger partial charge on any atom is 0.327 e. The van der Waals surface area contributed by atoms with E-state index in [1.165, 1.54) is 4.90 Å². The van der Waals surface area contributed by atoms with Gasteiger partial charge in [0.25, 0.3) is 5.91 Å². The van der Waals surface area contributed by atoms with Gasteiger partial charge in [0.2, 0.25) is 0 Å². The van der Waals surface area contributed by atoms with Crippen LogP contribution in [0, 0.1) is 0 Å². The molecule has 1 N–H and O–H groups in total. The van der Waals surface area contributed by atoms with Gasteiger partial charge in [-0.2, -0.15) is 0 Å². The van der Waals surface area contributed by atoms with Crippen molar-refractivity contribution in [3.63, 3.8) is 0 Å². The van der Waals surface area contributed by atoms with Crippen LogP contribution in [0.5, 0.6) is 0 Å². The molecule has 4 rings (SSSR count). The predicted octanol–water partition coefficient (Wildman–Crippen LogP) is 4.13. The van der Waals surface area contributed by atoms with Crippen molar-refractivity contribution in [2.24, 2.45) is 0 Å². The van der Waals surface area contributed by atoms with Crippen LogP contribution in [0.25, 0.3) is 17.0 Å². The van der Waals surface area contributed by atoms with Crippen LogP contribution in [0.1, 0.15) is 11.1 Å². The molecule has 29 heavy (non-hydrogen) atoms. The summed E-state index contributed by atoms with van der Waals surface area (Å²) < 4.78 is 0.248. The summed E-state index contributed by atoms with van der Waals surface area (Å²) in [5, 5.41) is 10.7. The number of carbonyl (C=O) groups excluding carboxylic acids is 1. The van der Waals surface area contributed by atoms with E-state index in [-0.39, 0.29) is 10.7 Å². The lowest BCUT2D eigenvalue weighted by atomic mass is 10.0. The second-order valence-electron chi connectivity index (χ2n) is 6.52. The minimum atomic E-state index is -1.08. The number of carboxylic acid groups (broad SMARTS) is 1. The van der Waals surface area contributed by atoms with Crippen LogP contribution >= 0.6 is 24.0 Å². The van der Waals surface area contributed by atoms with Gasteiger partial charge in [0.15, 0.2) is 0 Å². The van der Waals surface area contributed by atoms with Crippen molar-refractivity contribution in [3.8, 4) is 0 Å². The van der Waals surface area contributed by atoms with Crippen LogP contribution in [-0.4, -0.2) is 37.2 Å². The fourth-order valence-electron chi connectivity index (χ4n) is 3.26. The number of fused-ring (bicyclic) bond motifs is 1. The molecule has 1 fully saturated rings. The maximum absolute atomic E-state index is 13.1. The smallest absolute Gasteiger partial charge is 0.327 e. The third kappa shape index (κ3) is 3.92. The number of pyridine rings is 1. The molecule has 1 aliphatic rings. The summed E-state index contributed by atoms with van der Waals surface area (Å²) in [7, 11) is 0. The van der Waals surface area contributed by atoms with Gasteiger partial charge >= 0.3 is 5.97 Å². The van der Waals surface area contributed by atoms with Gasteiger partial charge in [0, 0.05) is 23.6 Å². The molecule has 1 saturated heterocycles. The fourth-order valence-corrected chi connectivity index (χ4v) is 4.61. The number of aliphatic carboxylic acids is 1. The average Bonchev–Trinajstić information content (AvgIpc) is 3.00. The van der Waals surface area contributed by atoms with Gasteiger partial charge in [-0.1, -0.05) is 78.6 Å². The first kappa shape index (κ1) is 19.3. The van der Waals surface area contributed by atoms with Crippen LogP contribution in [0.15, 0.2) is 71.8 Å². The zero-order valence-corrected chi connectivity index (χ0v) is 16.8. The molecule has 1 atom stereocenters. The predicted molar refractivity (Wildman–Crippen MR) is 118 cm³/mol. The Morgan fingerprint density at radius 1 is 1.14 bits per heavy atom. The van der Waals surface area contributed by atoms with Crippen LogP contribution < -0.4 is 0 Å². The number of hydrogen-bond donors (Lipinski definition) is 1. The van der Waals surface area contributed by atoms with Gasteiger partial charge in [-0.05, 0) is 17.7 Å². The largest absolute Gasteiger partial charge is 0.480 e. The van der Waals surface area contributed by atoms with E-state index in [2.05, 4.69) is 4.98 Å². The van der Waals surface area contributed by atoms with E-state index in [4.69, 9.17) is 12.2 Å². The Balaban J connectivity index is 1.67. The lowest BCUT2D eigenvalue weighted by molar-refractivity contribution is -0.145. The van der Waals surface area contributed by atoms with Crippen LogP contribution in [-0.2, 0) is 16.0 Å². The van der Waals surface area contributed by atoms with Gasteiger partial charge in [-0.25, -0.2) is 4.79 Å². The maximum atomic E-state index is 13.1. The molecule has 0 saturated carbocycles. The number of thioether (sulfide) groups is 1. The van der Waals surface area contributed by atoms with Gasteiger partial charge in [0.05, 0.1) is 10.4 Å². The number of nitrogens with zero attached hydrogens (tertiary/aromatic N) is 2. The highest BCUT2D eigenvalue weighted by Crippen LogP contribution is 2.35. The molecule has 5 nitrogen and oxygen atoms in total. The summed E-state index contributed by atoms with van der Waals surface area (Å²) in [6.45, 7) is 0. The van der Waals surface area contributed by atoms with Crippen molar-refractivity contribution in [2.45, 2.75) is 12.5 Å². The molecule has 2 heterocycles. The highest BCUT2D eigenvalue weighted by molar-refractivity contribution is 8.26. The minimum Gasteiger partial charge on any atom is -0.480 e. The number of thiocarbonyl (C=S) groups is 1. The second-order valence-corrected chi connectivity index (χ2v) is 8.19. The molecule has 1 aromatic heterocycles. The molecule has 1 amide bonds. The van der Waals surface area contributed by atoms with Gasteiger partial charge in [-0.15, -0.1) is 0 Å². The van der Waals surface area contributed by atoms with Gasteiger partial charge < -0.3 is 5.11 Å². The van der Waals surface area contributed by atoms with Gasteiger partial charge in [0.1, 0.15) is 10.4 Å². The van der Waals surface area contributed by atoms with E-state index in [0.29, 0.717) is 4.91 Å². The summed E-state index contributed by atoms with van der Waals surface area (Å²) in [6.07, 6.45) is 3.62. The first-order chi connectivity index (χ1) is 14.0. The summed E-state index contributed by atoms with van der Waals surface area (Å²) >= 11 is 6.49. The number of carbonyl (C=O) groups is 2. The van der Waals surface area contributed by atoms with E-state index < -0.39 is 17.9 Å². The first-order valence-electron chi connectivity index (χ1n) is 8.92. The lowest BCUT2D eigenvalue weighted by Crippen LogP contribution is -2.45. The number of amides is 1. The van der Waals surface area contributed by atoms with Crippen molar-refractivity contribution in [3.05, 3.63) is 82.9 Å². The zero-order chi connectivity index (χ0) is 20.4. The van der Waals surface area contributed by atoms with Crippen molar-refractivity contribution in [2.75, 3.05) is 0 Å². The molecule has 2 aromatic carbocycles. The van der Waals surface area contributed by atoms with Crippen molar-refractivity contribution in [1.82, 2.24) is 9.88 Å². The second kappa shape index (κ2) is 8.14. The summed E-state index contributed by atoms with van der Waals surface area (Å²) in [6, 6.07) is 17.7. The lowest BCUT2D eigenvalue weighted by Gasteiger charge is -2.23. The number of aromatic nitrogens is 1. The molecule has 7 heteroatoms. The normalized spacial score (nSPS) is 16.6. The fraction of sp³-hybridized carbons (Fsp3) is 0.0909. The average molecular weight is 421 g/mol. The zero-order valence-electron chi connectivity index (χ0n) is 15.2. The molecular weight excluding hydrogens is 404 g/mol. The number of carboxylic acids is 1. The molecule has 0 spiro atoms. The highest BCUT2D eigenvalue weighted by Gasteiger charge is 2.40. The Morgan fingerprint density at radius 2 is 1.90 bits per heavy atom. The molecule has 0 radical (unpaired) electrons. The van der Waals surface area contributed by atoms with Crippen molar-refractivity contribution in [1.29, 1.82) is 0 Å². The molecule has 0 bridgehead atoms. The number of hydrogen-bond acceptors (Lipinski definition) is 5. The Morgan fingerprint density at radius 3 is 2.66 bits per heavy atom. The molecule has 1 aliphatic heterocycles. The molecule has 144 valence electrons. The third-order valence-corrected chi connectivity index (χ3v) is 5.97.